The largest absolute Gasteiger partial charge is 0.325 e. The minimum atomic E-state index is -0.0287. The molecule has 0 bridgehead atoms. The molecule has 1 fully saturated rings. The van der Waals surface area contributed by atoms with Crippen LogP contribution < -0.4 is 11.1 Å². The molecule has 1 aromatic carbocycles. The van der Waals surface area contributed by atoms with Gasteiger partial charge >= 0.3 is 0 Å². The minimum absolute atomic E-state index is 0. The number of hydrogen-bond donors (Lipinski definition) is 2. The van der Waals surface area contributed by atoms with Crippen molar-refractivity contribution in [3.8, 4) is 0 Å². The average molecular weight is 261 g/mol. The summed E-state index contributed by atoms with van der Waals surface area (Å²) in [4.78, 5) is 0. The maximum absolute atomic E-state index is 6.36. The molecule has 4 heteroatoms. The first-order chi connectivity index (χ1) is 7.18. The third kappa shape index (κ3) is 3.63. The normalized spacial score (nSPS) is 18.9. The van der Waals surface area contributed by atoms with Crippen LogP contribution in [0.4, 0.5) is 0 Å². The van der Waals surface area contributed by atoms with Gasteiger partial charge in [0.1, 0.15) is 0 Å². The van der Waals surface area contributed by atoms with Crippen molar-refractivity contribution in [1.29, 1.82) is 0 Å². The number of piperidine rings is 1. The van der Waals surface area contributed by atoms with Gasteiger partial charge in [0.2, 0.25) is 0 Å². The molecule has 2 rings (SSSR count). The van der Waals surface area contributed by atoms with Crippen molar-refractivity contribution in [2.24, 2.45) is 5.73 Å². The van der Waals surface area contributed by atoms with Crippen molar-refractivity contribution in [1.82, 2.24) is 5.32 Å². The van der Waals surface area contributed by atoms with Gasteiger partial charge in [0.25, 0.3) is 0 Å². The molecule has 1 aliphatic rings. The molecule has 1 saturated heterocycles. The molecule has 0 spiro atoms. The molecule has 16 heavy (non-hydrogen) atoms. The van der Waals surface area contributed by atoms with E-state index in [0.29, 0.717) is 0 Å². The Balaban J connectivity index is 0.00000128. The van der Waals surface area contributed by atoms with Gasteiger partial charge in [0.15, 0.2) is 0 Å². The zero-order valence-electron chi connectivity index (χ0n) is 9.21. The van der Waals surface area contributed by atoms with E-state index in [1.807, 2.05) is 12.1 Å². The fourth-order valence-corrected chi connectivity index (χ4v) is 2.24. The van der Waals surface area contributed by atoms with Crippen molar-refractivity contribution >= 4 is 24.0 Å². The maximum Gasteiger partial charge on any atom is 0.0406 e. The second-order valence-corrected chi connectivity index (χ2v) is 4.85. The average Bonchev–Trinajstić information content (AvgIpc) is 2.22. The van der Waals surface area contributed by atoms with Crippen molar-refractivity contribution in [2.45, 2.75) is 24.8 Å². The Morgan fingerprint density at radius 2 is 1.75 bits per heavy atom. The van der Waals surface area contributed by atoms with Gasteiger partial charge in [-0.3, -0.25) is 0 Å². The second-order valence-electron chi connectivity index (χ2n) is 4.42. The van der Waals surface area contributed by atoms with Gasteiger partial charge in [0.05, 0.1) is 0 Å². The zero-order chi connectivity index (χ0) is 10.7. The minimum Gasteiger partial charge on any atom is -0.325 e. The number of hydrogen-bond acceptors (Lipinski definition) is 2. The quantitative estimate of drug-likeness (QED) is 0.857. The highest BCUT2D eigenvalue weighted by atomic mass is 35.5. The van der Waals surface area contributed by atoms with E-state index in [4.69, 9.17) is 17.3 Å². The van der Waals surface area contributed by atoms with Crippen LogP contribution in [0.3, 0.4) is 0 Å². The highest BCUT2D eigenvalue weighted by molar-refractivity contribution is 6.30. The number of nitrogens with one attached hydrogen (secondary N) is 1. The molecule has 3 N–H and O–H groups in total. The molecule has 0 aliphatic carbocycles. The molecule has 0 unspecified atom stereocenters. The number of nitrogens with two attached hydrogens (primary N) is 1. The predicted octanol–water partition coefficient (Wildman–Crippen LogP) is 2.39. The standard InChI is InChI=1S/C12H17ClN2.ClH/c13-11-3-1-10(2-4-11)9-12(14)5-7-15-8-6-12;/h1-4,15H,5-9,14H2;1H. The van der Waals surface area contributed by atoms with Crippen molar-refractivity contribution in [3.63, 3.8) is 0 Å². The summed E-state index contributed by atoms with van der Waals surface area (Å²) in [6, 6.07) is 8.00. The zero-order valence-corrected chi connectivity index (χ0v) is 10.8. The molecule has 0 saturated carbocycles. The number of benzene rings is 1. The van der Waals surface area contributed by atoms with Gasteiger partial charge in [-0.25, -0.2) is 0 Å². The Kier molecular flexibility index (Phi) is 5.06. The first kappa shape index (κ1) is 13.8. The van der Waals surface area contributed by atoms with Gasteiger partial charge in [-0.1, -0.05) is 23.7 Å². The third-order valence-corrected chi connectivity index (χ3v) is 3.32. The molecule has 0 amide bonds. The summed E-state index contributed by atoms with van der Waals surface area (Å²) in [6.45, 7) is 2.06. The van der Waals surface area contributed by atoms with Crippen LogP contribution in [-0.4, -0.2) is 18.6 Å². The van der Waals surface area contributed by atoms with E-state index in [-0.39, 0.29) is 17.9 Å². The maximum atomic E-state index is 6.36. The molecule has 0 radical (unpaired) electrons. The van der Waals surface area contributed by atoms with Gasteiger partial charge in [0, 0.05) is 10.6 Å². The van der Waals surface area contributed by atoms with Crippen molar-refractivity contribution in [2.75, 3.05) is 13.1 Å². The van der Waals surface area contributed by atoms with E-state index < -0.39 is 0 Å². The van der Waals surface area contributed by atoms with Crippen LogP contribution in [0.5, 0.6) is 0 Å². The summed E-state index contributed by atoms with van der Waals surface area (Å²) in [5, 5.41) is 4.12. The molecule has 1 aliphatic heterocycles. The van der Waals surface area contributed by atoms with Crippen LogP contribution in [0.2, 0.25) is 5.02 Å². The van der Waals surface area contributed by atoms with Crippen molar-refractivity contribution < 1.29 is 0 Å². The van der Waals surface area contributed by atoms with E-state index >= 15 is 0 Å². The van der Waals surface area contributed by atoms with Crippen LogP contribution in [0.25, 0.3) is 0 Å². The summed E-state index contributed by atoms with van der Waals surface area (Å²) in [7, 11) is 0. The molecule has 1 aromatic rings. The number of halogens is 2. The Labute approximate surface area is 108 Å². The predicted molar refractivity (Wildman–Crippen MR) is 71.4 cm³/mol. The molecule has 0 atom stereocenters. The Morgan fingerprint density at radius 1 is 1.19 bits per heavy atom. The SMILES string of the molecule is Cl.NC1(Cc2ccc(Cl)cc2)CCNCC1. The topological polar surface area (TPSA) is 38.0 Å². The molecule has 1 heterocycles. The van der Waals surface area contributed by atoms with Crippen LogP contribution >= 0.6 is 24.0 Å². The Morgan fingerprint density at radius 3 is 2.31 bits per heavy atom. The Bertz CT molecular complexity index is 318. The van der Waals surface area contributed by atoms with Crippen LogP contribution in [-0.2, 0) is 6.42 Å². The summed E-state index contributed by atoms with van der Waals surface area (Å²) < 4.78 is 0. The summed E-state index contributed by atoms with van der Waals surface area (Å²) in [5.41, 5.74) is 7.61. The summed E-state index contributed by atoms with van der Waals surface area (Å²) in [6.07, 6.45) is 3.05. The highest BCUT2D eigenvalue weighted by Gasteiger charge is 2.27. The van der Waals surface area contributed by atoms with Crippen molar-refractivity contribution in [3.05, 3.63) is 34.9 Å². The van der Waals surface area contributed by atoms with Gasteiger partial charge in [-0.2, -0.15) is 0 Å². The van der Waals surface area contributed by atoms with E-state index in [9.17, 15) is 0 Å². The third-order valence-electron chi connectivity index (χ3n) is 3.07. The van der Waals surface area contributed by atoms with E-state index in [2.05, 4.69) is 17.4 Å². The summed E-state index contributed by atoms with van der Waals surface area (Å²) >= 11 is 5.85. The van der Waals surface area contributed by atoms with E-state index in [1.165, 1.54) is 5.56 Å². The van der Waals surface area contributed by atoms with Crippen LogP contribution in [0.1, 0.15) is 18.4 Å². The smallest absolute Gasteiger partial charge is 0.0406 e. The fourth-order valence-electron chi connectivity index (χ4n) is 2.11. The molecular formula is C12H18Cl2N2. The van der Waals surface area contributed by atoms with Crippen LogP contribution in [0, 0.1) is 0 Å². The van der Waals surface area contributed by atoms with Gasteiger partial charge in [-0.05, 0) is 50.0 Å². The van der Waals surface area contributed by atoms with Gasteiger partial charge in [-0.15, -0.1) is 12.4 Å². The highest BCUT2D eigenvalue weighted by Crippen LogP contribution is 2.21. The lowest BCUT2D eigenvalue weighted by Gasteiger charge is -2.34. The monoisotopic (exact) mass is 260 g/mol. The Hall–Kier alpha value is -0.280. The molecular weight excluding hydrogens is 243 g/mol. The van der Waals surface area contributed by atoms with E-state index in [0.717, 1.165) is 37.4 Å². The molecule has 2 nitrogen and oxygen atoms in total. The number of rotatable bonds is 2. The molecule has 90 valence electrons. The lowest BCUT2D eigenvalue weighted by Crippen LogP contribution is -2.50. The van der Waals surface area contributed by atoms with E-state index in [1.54, 1.807) is 0 Å². The van der Waals surface area contributed by atoms with Gasteiger partial charge < -0.3 is 11.1 Å². The second kappa shape index (κ2) is 5.87. The first-order valence-electron chi connectivity index (χ1n) is 5.42. The fraction of sp³-hybridized carbons (Fsp3) is 0.500. The molecule has 0 aromatic heterocycles. The van der Waals surface area contributed by atoms with Crippen LogP contribution in [0.15, 0.2) is 24.3 Å². The summed E-state index contributed by atoms with van der Waals surface area (Å²) in [5.74, 6) is 0. The lowest BCUT2D eigenvalue weighted by atomic mass is 9.83. The lowest BCUT2D eigenvalue weighted by molar-refractivity contribution is 0.308. The first-order valence-corrected chi connectivity index (χ1v) is 5.80.